The Bertz CT molecular complexity index is 576. The molecule has 0 atom stereocenters. The van der Waals surface area contributed by atoms with Crippen molar-refractivity contribution in [1.29, 1.82) is 0 Å². The Morgan fingerprint density at radius 1 is 1.37 bits per heavy atom. The van der Waals surface area contributed by atoms with E-state index in [0.29, 0.717) is 17.9 Å². The number of halogens is 1. The number of rotatable bonds is 6. The Labute approximate surface area is 121 Å². The average Bonchev–Trinajstić information content (AvgIpc) is 2.37. The molecule has 0 fully saturated rings. The number of hydrogen-bond acceptors (Lipinski definition) is 4. The van der Waals surface area contributed by atoms with Gasteiger partial charge in [-0.25, -0.2) is 8.42 Å². The van der Waals surface area contributed by atoms with Gasteiger partial charge in [-0.2, -0.15) is 0 Å². The lowest BCUT2D eigenvalue weighted by molar-refractivity contribution is 0.0956. The van der Waals surface area contributed by atoms with E-state index in [0.717, 1.165) is 5.75 Å². The fraction of sp³-hybridized carbons (Fsp3) is 0.250. The fourth-order valence-corrected chi connectivity index (χ4v) is 2.52. The third-order valence-electron chi connectivity index (χ3n) is 2.12. The molecule has 0 saturated carbocycles. The normalized spacial score (nSPS) is 10.7. The lowest BCUT2D eigenvalue weighted by Gasteiger charge is -2.04. The van der Waals surface area contributed by atoms with Crippen LogP contribution in [0, 0.1) is 12.3 Å². The van der Waals surface area contributed by atoms with Crippen molar-refractivity contribution in [3.63, 3.8) is 0 Å². The molecule has 0 unspecified atom stereocenters. The van der Waals surface area contributed by atoms with Crippen LogP contribution in [0.15, 0.2) is 29.2 Å². The second-order valence-electron chi connectivity index (χ2n) is 3.47. The Balaban J connectivity index is 2.52. The molecule has 0 radical (unpaired) electrons. The second kappa shape index (κ2) is 7.43. The number of carbonyl (C=O) groups is 1. The quantitative estimate of drug-likeness (QED) is 0.493. The topological polar surface area (TPSA) is 63.2 Å². The van der Waals surface area contributed by atoms with Gasteiger partial charge in [0.05, 0.1) is 10.6 Å². The van der Waals surface area contributed by atoms with E-state index in [1.54, 1.807) is 11.8 Å². The first-order chi connectivity index (χ1) is 8.95. The highest BCUT2D eigenvalue weighted by molar-refractivity contribution is 8.13. The maximum absolute atomic E-state index is 11.7. The van der Waals surface area contributed by atoms with Crippen molar-refractivity contribution in [2.24, 2.45) is 0 Å². The van der Waals surface area contributed by atoms with E-state index < -0.39 is 9.05 Å². The van der Waals surface area contributed by atoms with E-state index in [2.05, 4.69) is 11.2 Å². The Kier molecular flexibility index (Phi) is 6.22. The summed E-state index contributed by atoms with van der Waals surface area (Å²) in [6, 6.07) is 5.42. The molecule has 0 aliphatic carbocycles. The molecule has 4 nitrogen and oxygen atoms in total. The van der Waals surface area contributed by atoms with Gasteiger partial charge < -0.3 is 5.32 Å². The third-order valence-corrected chi connectivity index (χ3v) is 4.35. The van der Waals surface area contributed by atoms with Crippen molar-refractivity contribution < 1.29 is 13.2 Å². The molecular weight excluding hydrogens is 306 g/mol. The fourth-order valence-electron chi connectivity index (χ4n) is 1.24. The number of hydrogen-bond donors (Lipinski definition) is 1. The number of benzene rings is 1. The van der Waals surface area contributed by atoms with Crippen LogP contribution in [-0.2, 0) is 9.05 Å². The Hall–Kier alpha value is -1.16. The first kappa shape index (κ1) is 15.9. The average molecular weight is 318 g/mol. The van der Waals surface area contributed by atoms with Crippen LogP contribution in [-0.4, -0.2) is 32.4 Å². The molecule has 0 aliphatic rings. The highest BCUT2D eigenvalue weighted by Gasteiger charge is 2.11. The zero-order valence-electron chi connectivity index (χ0n) is 9.93. The van der Waals surface area contributed by atoms with Crippen molar-refractivity contribution in [3.8, 4) is 12.3 Å². The van der Waals surface area contributed by atoms with Crippen LogP contribution in [0.3, 0.4) is 0 Å². The molecule has 1 rings (SSSR count). The Morgan fingerprint density at radius 3 is 2.53 bits per heavy atom. The minimum absolute atomic E-state index is 0.0321. The van der Waals surface area contributed by atoms with E-state index in [1.165, 1.54) is 24.3 Å². The number of amides is 1. The molecule has 0 aliphatic heterocycles. The van der Waals surface area contributed by atoms with Crippen LogP contribution in [0.2, 0.25) is 0 Å². The predicted octanol–water partition coefficient (Wildman–Crippen LogP) is 1.71. The van der Waals surface area contributed by atoms with Crippen LogP contribution in [0.25, 0.3) is 0 Å². The molecule has 1 N–H and O–H groups in total. The Morgan fingerprint density at radius 2 is 2.00 bits per heavy atom. The third kappa shape index (κ3) is 5.55. The molecule has 0 bridgehead atoms. The lowest BCUT2D eigenvalue weighted by Crippen LogP contribution is -2.25. The largest absolute Gasteiger partial charge is 0.351 e. The molecule has 0 spiro atoms. The lowest BCUT2D eigenvalue weighted by atomic mass is 10.2. The van der Waals surface area contributed by atoms with Gasteiger partial charge in [0.25, 0.3) is 15.0 Å². The first-order valence-corrected chi connectivity index (χ1v) is 8.75. The molecule has 19 heavy (non-hydrogen) atoms. The van der Waals surface area contributed by atoms with E-state index in [1.807, 2.05) is 0 Å². The van der Waals surface area contributed by atoms with Crippen LogP contribution >= 0.6 is 22.4 Å². The number of thioether (sulfide) groups is 1. The molecule has 102 valence electrons. The summed E-state index contributed by atoms with van der Waals surface area (Å²) < 4.78 is 22.1. The summed E-state index contributed by atoms with van der Waals surface area (Å²) in [6.45, 7) is 0.501. The van der Waals surface area contributed by atoms with Gasteiger partial charge in [-0.1, -0.05) is 5.92 Å². The molecule has 7 heteroatoms. The maximum Gasteiger partial charge on any atom is 0.261 e. The van der Waals surface area contributed by atoms with Crippen LogP contribution in [0.5, 0.6) is 0 Å². The summed E-state index contributed by atoms with van der Waals surface area (Å²) in [4.78, 5) is 11.7. The standard InChI is InChI=1S/C12H12ClNO3S2/c1-2-8-18-9-7-14-12(15)10-3-5-11(6-4-10)19(13,16)17/h1,3-6H,7-9H2,(H,14,15). The second-order valence-corrected chi connectivity index (χ2v) is 7.15. The van der Waals surface area contributed by atoms with Gasteiger partial charge in [0.15, 0.2) is 0 Å². The molecule has 0 saturated heterocycles. The van der Waals surface area contributed by atoms with E-state index in [-0.39, 0.29) is 10.8 Å². The van der Waals surface area contributed by atoms with E-state index in [4.69, 9.17) is 17.1 Å². The number of nitrogens with one attached hydrogen (secondary N) is 1. The van der Waals surface area contributed by atoms with Crippen molar-refractivity contribution >= 4 is 37.4 Å². The highest BCUT2D eigenvalue weighted by atomic mass is 35.7. The summed E-state index contributed by atoms with van der Waals surface area (Å²) in [5.41, 5.74) is 0.381. The monoisotopic (exact) mass is 317 g/mol. The number of terminal acetylenes is 1. The van der Waals surface area contributed by atoms with Gasteiger partial charge in [-0.3, -0.25) is 4.79 Å². The van der Waals surface area contributed by atoms with Crippen molar-refractivity contribution in [2.45, 2.75) is 4.90 Å². The van der Waals surface area contributed by atoms with E-state index in [9.17, 15) is 13.2 Å². The molecule has 1 amide bonds. The van der Waals surface area contributed by atoms with Gasteiger partial charge in [-0.05, 0) is 24.3 Å². The summed E-state index contributed by atoms with van der Waals surface area (Å²) in [6.07, 6.45) is 5.09. The van der Waals surface area contributed by atoms with Gasteiger partial charge in [0, 0.05) is 28.5 Å². The minimum Gasteiger partial charge on any atom is -0.351 e. The molecular formula is C12H12ClNO3S2. The van der Waals surface area contributed by atoms with Gasteiger partial charge in [0.1, 0.15) is 0 Å². The van der Waals surface area contributed by atoms with Crippen LogP contribution < -0.4 is 5.32 Å². The predicted molar refractivity (Wildman–Crippen MR) is 78.0 cm³/mol. The zero-order valence-corrected chi connectivity index (χ0v) is 12.3. The molecule has 0 aromatic heterocycles. The van der Waals surface area contributed by atoms with Crippen LogP contribution in [0.1, 0.15) is 10.4 Å². The minimum atomic E-state index is -3.75. The summed E-state index contributed by atoms with van der Waals surface area (Å²) in [5.74, 6) is 3.56. The maximum atomic E-state index is 11.7. The zero-order chi connectivity index (χ0) is 14.3. The van der Waals surface area contributed by atoms with E-state index >= 15 is 0 Å². The van der Waals surface area contributed by atoms with Gasteiger partial charge >= 0.3 is 0 Å². The smallest absolute Gasteiger partial charge is 0.261 e. The molecule has 0 heterocycles. The molecule has 1 aromatic carbocycles. The molecule has 1 aromatic rings. The van der Waals surface area contributed by atoms with Crippen LogP contribution in [0.4, 0.5) is 0 Å². The van der Waals surface area contributed by atoms with Gasteiger partial charge in [-0.15, -0.1) is 18.2 Å². The van der Waals surface area contributed by atoms with Gasteiger partial charge in [0.2, 0.25) is 0 Å². The van der Waals surface area contributed by atoms with Crippen molar-refractivity contribution in [2.75, 3.05) is 18.1 Å². The summed E-state index contributed by atoms with van der Waals surface area (Å²) >= 11 is 1.55. The summed E-state index contributed by atoms with van der Waals surface area (Å²) in [7, 11) is 1.42. The van der Waals surface area contributed by atoms with Crippen molar-refractivity contribution in [3.05, 3.63) is 29.8 Å². The van der Waals surface area contributed by atoms with Crippen molar-refractivity contribution in [1.82, 2.24) is 5.32 Å². The number of carbonyl (C=O) groups excluding carboxylic acids is 1. The highest BCUT2D eigenvalue weighted by Crippen LogP contribution is 2.15. The summed E-state index contributed by atoms with van der Waals surface area (Å²) in [5, 5.41) is 2.71. The first-order valence-electron chi connectivity index (χ1n) is 5.29. The SMILES string of the molecule is C#CCSCCNC(=O)c1ccc(S(=O)(=O)Cl)cc1.